The van der Waals surface area contributed by atoms with Gasteiger partial charge >= 0.3 is 0 Å². The van der Waals surface area contributed by atoms with Crippen molar-refractivity contribution in [2.75, 3.05) is 44.6 Å². The first-order valence-corrected chi connectivity index (χ1v) is 12.9. The van der Waals surface area contributed by atoms with E-state index < -0.39 is 15.5 Å². The number of hydrogen-bond donors (Lipinski definition) is 3. The van der Waals surface area contributed by atoms with Crippen LogP contribution in [0.2, 0.25) is 0 Å². The van der Waals surface area contributed by atoms with E-state index in [4.69, 9.17) is 4.74 Å². The normalized spacial score (nSPS) is 16.0. The zero-order valence-electron chi connectivity index (χ0n) is 20.7. The predicted molar refractivity (Wildman–Crippen MR) is 136 cm³/mol. The predicted octanol–water partition coefficient (Wildman–Crippen LogP) is 3.29. The standard InChI is InChI=1S/C24H35N7O2S/c1-16-17(2)29-30-22(16)28-23-18-13-21(34(32)24(3,4)5)20(14-19(18)26-15-27-23)33-12-6-9-31-10-7-25-8-11-31/h13-15,25H,6-12H2,1-5H3,(H2,26,27,28,29,30). The number of aromatic amines is 1. The van der Waals surface area contributed by atoms with Gasteiger partial charge in [0.2, 0.25) is 0 Å². The second kappa shape index (κ2) is 10.4. The van der Waals surface area contributed by atoms with Crippen LogP contribution in [0.4, 0.5) is 11.6 Å². The maximum Gasteiger partial charge on any atom is 0.156 e. The monoisotopic (exact) mass is 485 g/mol. The molecule has 184 valence electrons. The molecule has 0 spiro atoms. The van der Waals surface area contributed by atoms with Crippen LogP contribution in [-0.2, 0) is 10.8 Å². The average molecular weight is 486 g/mol. The number of benzene rings is 1. The summed E-state index contributed by atoms with van der Waals surface area (Å²) < 4.78 is 19.2. The number of fused-ring (bicyclic) bond motifs is 1. The second-order valence-corrected chi connectivity index (χ2v) is 11.9. The Labute approximate surface area is 203 Å². The number of aromatic nitrogens is 4. The number of piperazine rings is 1. The molecule has 0 aliphatic carbocycles. The molecule has 34 heavy (non-hydrogen) atoms. The summed E-state index contributed by atoms with van der Waals surface area (Å²) in [7, 11) is -1.28. The van der Waals surface area contributed by atoms with E-state index in [-0.39, 0.29) is 0 Å². The van der Waals surface area contributed by atoms with Crippen molar-refractivity contribution in [1.29, 1.82) is 0 Å². The lowest BCUT2D eigenvalue weighted by Crippen LogP contribution is -2.44. The minimum atomic E-state index is -1.28. The number of ether oxygens (including phenoxy) is 1. The van der Waals surface area contributed by atoms with Gasteiger partial charge < -0.3 is 20.3 Å². The van der Waals surface area contributed by atoms with Gasteiger partial charge in [-0.15, -0.1) is 0 Å². The van der Waals surface area contributed by atoms with Crippen molar-refractivity contribution < 1.29 is 8.95 Å². The van der Waals surface area contributed by atoms with E-state index in [1.165, 1.54) is 6.33 Å². The minimum absolute atomic E-state index is 0.439. The van der Waals surface area contributed by atoms with Crippen molar-refractivity contribution in [1.82, 2.24) is 30.4 Å². The van der Waals surface area contributed by atoms with Gasteiger partial charge in [0.05, 0.1) is 27.8 Å². The molecular weight excluding hydrogens is 450 g/mol. The van der Waals surface area contributed by atoms with Gasteiger partial charge in [0.15, 0.2) is 5.82 Å². The van der Waals surface area contributed by atoms with Crippen LogP contribution in [0.15, 0.2) is 23.4 Å². The Bertz CT molecular complexity index is 1170. The number of hydrogen-bond acceptors (Lipinski definition) is 8. The Morgan fingerprint density at radius 2 is 1.91 bits per heavy atom. The van der Waals surface area contributed by atoms with Gasteiger partial charge in [-0.3, -0.25) is 9.31 Å². The number of nitrogens with one attached hydrogen (secondary N) is 3. The fourth-order valence-corrected chi connectivity index (χ4v) is 5.06. The average Bonchev–Trinajstić information content (AvgIpc) is 3.13. The molecule has 3 heterocycles. The fourth-order valence-electron chi connectivity index (χ4n) is 3.88. The fraction of sp³-hybridized carbons (Fsp3) is 0.542. The Kier molecular flexibility index (Phi) is 7.49. The summed E-state index contributed by atoms with van der Waals surface area (Å²) in [4.78, 5) is 12.0. The van der Waals surface area contributed by atoms with E-state index >= 15 is 0 Å². The smallest absolute Gasteiger partial charge is 0.156 e. The first-order valence-electron chi connectivity index (χ1n) is 11.8. The molecule has 3 aromatic rings. The van der Waals surface area contributed by atoms with E-state index in [1.807, 2.05) is 46.8 Å². The highest BCUT2D eigenvalue weighted by Crippen LogP contribution is 2.35. The Hall–Kier alpha value is -2.56. The van der Waals surface area contributed by atoms with Gasteiger partial charge in [-0.25, -0.2) is 9.97 Å². The molecule has 1 fully saturated rings. The van der Waals surface area contributed by atoms with Crippen LogP contribution in [0.1, 0.15) is 38.4 Å². The molecule has 0 bridgehead atoms. The second-order valence-electron chi connectivity index (χ2n) is 9.66. The zero-order chi connectivity index (χ0) is 24.3. The van der Waals surface area contributed by atoms with Crippen molar-refractivity contribution in [3.8, 4) is 5.75 Å². The molecular formula is C24H35N7O2S. The van der Waals surface area contributed by atoms with Gasteiger partial charge in [-0.1, -0.05) is 0 Å². The molecule has 10 heteroatoms. The van der Waals surface area contributed by atoms with Crippen molar-refractivity contribution in [2.24, 2.45) is 0 Å². The van der Waals surface area contributed by atoms with Gasteiger partial charge in [0.25, 0.3) is 0 Å². The Morgan fingerprint density at radius 1 is 1.15 bits per heavy atom. The highest BCUT2D eigenvalue weighted by atomic mass is 32.2. The quantitative estimate of drug-likeness (QED) is 0.417. The van der Waals surface area contributed by atoms with Crippen LogP contribution in [0.5, 0.6) is 5.75 Å². The molecule has 1 aliphatic rings. The van der Waals surface area contributed by atoms with Gasteiger partial charge in [0.1, 0.15) is 17.9 Å². The zero-order valence-corrected chi connectivity index (χ0v) is 21.5. The Morgan fingerprint density at radius 3 is 2.59 bits per heavy atom. The van der Waals surface area contributed by atoms with Gasteiger partial charge in [-0.05, 0) is 47.1 Å². The third kappa shape index (κ3) is 5.56. The highest BCUT2D eigenvalue weighted by molar-refractivity contribution is 7.86. The molecule has 0 saturated carbocycles. The van der Waals surface area contributed by atoms with Crippen LogP contribution in [-0.4, -0.2) is 73.4 Å². The number of H-pyrrole nitrogens is 1. The summed E-state index contributed by atoms with van der Waals surface area (Å²) in [5.41, 5.74) is 2.75. The lowest BCUT2D eigenvalue weighted by Gasteiger charge is -2.27. The van der Waals surface area contributed by atoms with E-state index in [9.17, 15) is 4.21 Å². The van der Waals surface area contributed by atoms with Crippen LogP contribution in [0.25, 0.3) is 10.9 Å². The highest BCUT2D eigenvalue weighted by Gasteiger charge is 2.26. The summed E-state index contributed by atoms with van der Waals surface area (Å²) >= 11 is 0. The maximum absolute atomic E-state index is 13.5. The van der Waals surface area contributed by atoms with E-state index in [0.29, 0.717) is 28.9 Å². The van der Waals surface area contributed by atoms with Crippen molar-refractivity contribution in [3.63, 3.8) is 0 Å². The summed E-state index contributed by atoms with van der Waals surface area (Å²) in [5.74, 6) is 1.96. The lowest BCUT2D eigenvalue weighted by molar-refractivity contribution is 0.212. The molecule has 1 saturated heterocycles. The van der Waals surface area contributed by atoms with Gasteiger partial charge in [0, 0.05) is 60.2 Å². The molecule has 9 nitrogen and oxygen atoms in total. The summed E-state index contributed by atoms with van der Waals surface area (Å²) in [6.07, 6.45) is 2.43. The van der Waals surface area contributed by atoms with Crippen LogP contribution < -0.4 is 15.4 Å². The topological polar surface area (TPSA) is 108 Å². The molecule has 1 atom stereocenters. The largest absolute Gasteiger partial charge is 0.492 e. The molecule has 4 rings (SSSR count). The summed E-state index contributed by atoms with van der Waals surface area (Å²) in [5, 5.41) is 14.8. The molecule has 1 unspecified atom stereocenters. The number of aryl methyl sites for hydroxylation is 1. The Balaban J connectivity index is 1.61. The molecule has 3 N–H and O–H groups in total. The molecule has 1 aliphatic heterocycles. The third-order valence-electron chi connectivity index (χ3n) is 6.03. The summed E-state index contributed by atoms with van der Waals surface area (Å²) in [6, 6.07) is 3.79. The van der Waals surface area contributed by atoms with E-state index in [2.05, 4.69) is 35.7 Å². The molecule has 0 amide bonds. The first kappa shape index (κ1) is 24.6. The van der Waals surface area contributed by atoms with Crippen molar-refractivity contribution in [3.05, 3.63) is 29.7 Å². The van der Waals surface area contributed by atoms with Gasteiger partial charge in [-0.2, -0.15) is 5.10 Å². The SMILES string of the molecule is Cc1[nH]nc(Nc2ncnc3cc(OCCCN4CCNCC4)c(S(=O)C(C)(C)C)cc23)c1C. The van der Waals surface area contributed by atoms with Crippen LogP contribution in [0.3, 0.4) is 0 Å². The number of anilines is 2. The van der Waals surface area contributed by atoms with E-state index in [1.54, 1.807) is 0 Å². The summed E-state index contributed by atoms with van der Waals surface area (Å²) in [6.45, 7) is 15.6. The number of nitrogens with zero attached hydrogens (tertiary/aromatic N) is 4. The van der Waals surface area contributed by atoms with Crippen molar-refractivity contribution in [2.45, 2.75) is 50.7 Å². The molecule has 1 aromatic carbocycles. The molecule has 0 radical (unpaired) electrons. The van der Waals surface area contributed by atoms with Crippen LogP contribution in [0, 0.1) is 13.8 Å². The lowest BCUT2D eigenvalue weighted by atomic mass is 10.2. The minimum Gasteiger partial charge on any atom is -0.492 e. The first-order chi connectivity index (χ1) is 16.2. The third-order valence-corrected chi connectivity index (χ3v) is 7.86. The van der Waals surface area contributed by atoms with E-state index in [0.717, 1.165) is 61.3 Å². The maximum atomic E-state index is 13.5. The van der Waals surface area contributed by atoms with Crippen LogP contribution >= 0.6 is 0 Å². The van der Waals surface area contributed by atoms with Crippen molar-refractivity contribution >= 4 is 33.3 Å². The number of rotatable bonds is 8. The molecule has 2 aromatic heterocycles.